The van der Waals surface area contributed by atoms with Crippen LogP contribution in [-0.2, 0) is 16.1 Å². The number of benzene rings is 2. The van der Waals surface area contributed by atoms with Crippen molar-refractivity contribution in [3.8, 4) is 11.4 Å². The average Bonchev–Trinajstić information content (AvgIpc) is 3.77. The Balaban J connectivity index is 0.944. The fraction of sp³-hybridized carbons (Fsp3) is 0.324. The Morgan fingerprint density at radius 3 is 2.53 bits per heavy atom. The number of carbonyl (C=O) groups excluding carboxylic acids is 2. The third-order valence-electron chi connectivity index (χ3n) is 9.91. The molecule has 2 amide bonds. The van der Waals surface area contributed by atoms with Crippen molar-refractivity contribution >= 4 is 29.1 Å². The van der Waals surface area contributed by atoms with E-state index < -0.39 is 17.6 Å². The standard InChI is InChI=1S/C37H36F2N8O2/c38-26-5-1-4-25(21-26)31-7-3-15-46(31)35-13-12-33-40-22-32(47(33)43-35)30-6-2-8-34(41-30)45-18-16-44(17-19-45)23-24-9-10-27(29(39)20-24)28-11-14-36(48)42-37(28)49/h1-2,4-6,8-10,12-13,20-22,28,31H,3,7,11,14-19,23H2,(H,42,48,49)/t28?,31-/m1/s1. The van der Waals surface area contributed by atoms with Gasteiger partial charge in [0.2, 0.25) is 11.8 Å². The Morgan fingerprint density at radius 1 is 0.857 bits per heavy atom. The largest absolute Gasteiger partial charge is 0.354 e. The summed E-state index contributed by atoms with van der Waals surface area (Å²) in [6, 6.07) is 21.9. The van der Waals surface area contributed by atoms with E-state index in [4.69, 9.17) is 10.1 Å². The summed E-state index contributed by atoms with van der Waals surface area (Å²) in [7, 11) is 0. The molecule has 10 nitrogen and oxygen atoms in total. The lowest BCUT2D eigenvalue weighted by molar-refractivity contribution is -0.134. The zero-order valence-corrected chi connectivity index (χ0v) is 26.9. The normalized spacial score (nSPS) is 20.3. The van der Waals surface area contributed by atoms with Gasteiger partial charge in [-0.05, 0) is 72.9 Å². The third-order valence-corrected chi connectivity index (χ3v) is 9.91. The quantitative estimate of drug-likeness (QED) is 0.236. The van der Waals surface area contributed by atoms with Gasteiger partial charge >= 0.3 is 0 Å². The summed E-state index contributed by atoms with van der Waals surface area (Å²) in [4.78, 5) is 40.1. The van der Waals surface area contributed by atoms with Gasteiger partial charge in [-0.1, -0.05) is 30.3 Å². The van der Waals surface area contributed by atoms with Crippen LogP contribution in [0.25, 0.3) is 17.0 Å². The number of amides is 2. The molecule has 2 atom stereocenters. The van der Waals surface area contributed by atoms with Crippen LogP contribution in [0.3, 0.4) is 0 Å². The van der Waals surface area contributed by atoms with E-state index in [1.165, 1.54) is 12.1 Å². The first kappa shape index (κ1) is 31.1. The van der Waals surface area contributed by atoms with Crippen molar-refractivity contribution in [2.75, 3.05) is 42.5 Å². The number of anilines is 2. The Bertz CT molecular complexity index is 2040. The number of rotatable bonds is 7. The maximum atomic E-state index is 15.1. The number of nitrogens with one attached hydrogen (secondary N) is 1. The molecule has 3 aliphatic rings. The lowest BCUT2D eigenvalue weighted by Crippen LogP contribution is -2.46. The number of aromatic nitrogens is 4. The summed E-state index contributed by atoms with van der Waals surface area (Å²) in [5, 5.41) is 7.31. The smallest absolute Gasteiger partial charge is 0.234 e. The molecule has 3 aliphatic heterocycles. The third kappa shape index (κ3) is 6.24. The fourth-order valence-corrected chi connectivity index (χ4v) is 7.37. The van der Waals surface area contributed by atoms with E-state index in [1.807, 2.05) is 47.0 Å². The maximum absolute atomic E-state index is 15.1. The minimum Gasteiger partial charge on any atom is -0.354 e. The average molecular weight is 663 g/mol. The van der Waals surface area contributed by atoms with Crippen molar-refractivity contribution in [3.05, 3.63) is 107 Å². The highest BCUT2D eigenvalue weighted by molar-refractivity contribution is 6.00. The van der Waals surface area contributed by atoms with Gasteiger partial charge in [-0.25, -0.2) is 23.3 Å². The molecule has 12 heteroatoms. The van der Waals surface area contributed by atoms with Crippen molar-refractivity contribution < 1.29 is 18.4 Å². The lowest BCUT2D eigenvalue weighted by Gasteiger charge is -2.35. The van der Waals surface area contributed by atoms with E-state index in [9.17, 15) is 14.0 Å². The first-order valence-corrected chi connectivity index (χ1v) is 16.8. The van der Waals surface area contributed by atoms with E-state index in [1.54, 1.807) is 24.4 Å². The van der Waals surface area contributed by atoms with Crippen molar-refractivity contribution in [2.24, 2.45) is 0 Å². The number of nitrogens with zero attached hydrogens (tertiary/aromatic N) is 7. The van der Waals surface area contributed by atoms with Gasteiger partial charge in [0, 0.05) is 51.3 Å². The molecule has 0 bridgehead atoms. The highest BCUT2D eigenvalue weighted by Gasteiger charge is 2.31. The van der Waals surface area contributed by atoms with Crippen molar-refractivity contribution in [2.45, 2.75) is 44.2 Å². The molecule has 8 rings (SSSR count). The van der Waals surface area contributed by atoms with Crippen LogP contribution in [0.2, 0.25) is 0 Å². The Hall–Kier alpha value is -5.23. The Morgan fingerprint density at radius 2 is 1.71 bits per heavy atom. The molecule has 2 aromatic carbocycles. The molecule has 3 fully saturated rings. The second-order valence-electron chi connectivity index (χ2n) is 13.0. The molecule has 5 aromatic rings. The van der Waals surface area contributed by atoms with Crippen LogP contribution in [0.4, 0.5) is 20.4 Å². The molecular formula is C37H36F2N8O2. The number of imide groups is 1. The number of halogens is 2. The Kier molecular flexibility index (Phi) is 8.24. The van der Waals surface area contributed by atoms with Gasteiger partial charge in [0.05, 0.1) is 23.9 Å². The van der Waals surface area contributed by atoms with E-state index in [0.29, 0.717) is 18.5 Å². The van der Waals surface area contributed by atoms with Gasteiger partial charge < -0.3 is 9.80 Å². The highest BCUT2D eigenvalue weighted by atomic mass is 19.1. The molecule has 1 N–H and O–H groups in total. The zero-order valence-electron chi connectivity index (χ0n) is 26.9. The van der Waals surface area contributed by atoms with Gasteiger partial charge in [0.15, 0.2) is 5.65 Å². The van der Waals surface area contributed by atoms with E-state index in [-0.39, 0.29) is 24.2 Å². The van der Waals surface area contributed by atoms with E-state index in [0.717, 1.165) is 85.4 Å². The molecule has 0 aliphatic carbocycles. The molecule has 3 aromatic heterocycles. The summed E-state index contributed by atoms with van der Waals surface area (Å²) in [6.45, 7) is 4.53. The van der Waals surface area contributed by atoms with Crippen LogP contribution in [0.1, 0.15) is 54.3 Å². The molecule has 0 radical (unpaired) electrons. The number of imidazole rings is 1. The highest BCUT2D eigenvalue weighted by Crippen LogP contribution is 2.36. The van der Waals surface area contributed by atoms with Crippen LogP contribution in [-0.4, -0.2) is 69.0 Å². The number of piperazine rings is 1. The van der Waals surface area contributed by atoms with Gasteiger partial charge in [-0.3, -0.25) is 19.8 Å². The molecule has 6 heterocycles. The molecule has 0 saturated carbocycles. The number of hydrogen-bond donors (Lipinski definition) is 1. The number of fused-ring (bicyclic) bond motifs is 1. The topological polar surface area (TPSA) is 99.0 Å². The van der Waals surface area contributed by atoms with E-state index >= 15 is 4.39 Å². The molecule has 49 heavy (non-hydrogen) atoms. The number of carbonyl (C=O) groups is 2. The molecule has 0 spiro atoms. The zero-order chi connectivity index (χ0) is 33.5. The fourth-order valence-electron chi connectivity index (χ4n) is 7.37. The van der Waals surface area contributed by atoms with Crippen LogP contribution in [0, 0.1) is 11.6 Å². The minimum atomic E-state index is -0.638. The van der Waals surface area contributed by atoms with Crippen molar-refractivity contribution in [1.29, 1.82) is 0 Å². The first-order chi connectivity index (χ1) is 23.9. The summed E-state index contributed by atoms with van der Waals surface area (Å²) in [5.41, 5.74) is 4.43. The molecule has 1 unspecified atom stereocenters. The van der Waals surface area contributed by atoms with Crippen LogP contribution in [0.5, 0.6) is 0 Å². The van der Waals surface area contributed by atoms with Gasteiger partial charge in [-0.15, -0.1) is 5.10 Å². The van der Waals surface area contributed by atoms with E-state index in [2.05, 4.69) is 25.0 Å². The van der Waals surface area contributed by atoms with Gasteiger partial charge in [-0.2, -0.15) is 0 Å². The van der Waals surface area contributed by atoms with Crippen LogP contribution >= 0.6 is 0 Å². The SMILES string of the molecule is O=C1CCC(c2ccc(CN3CCN(c4cccc(-c5cnc6ccc(N7CCC[C@@H]7c7cccc(F)c7)nn56)n4)CC3)cc2F)C(=O)N1. The number of hydrogen-bond acceptors (Lipinski definition) is 8. The van der Waals surface area contributed by atoms with Crippen molar-refractivity contribution in [3.63, 3.8) is 0 Å². The first-order valence-electron chi connectivity index (χ1n) is 16.8. The predicted octanol–water partition coefficient (Wildman–Crippen LogP) is 5.25. The summed E-state index contributed by atoms with van der Waals surface area (Å²) < 4.78 is 30.9. The molecular weight excluding hydrogens is 626 g/mol. The molecule has 3 saturated heterocycles. The van der Waals surface area contributed by atoms with Crippen LogP contribution < -0.4 is 15.1 Å². The molecule has 250 valence electrons. The predicted molar refractivity (Wildman–Crippen MR) is 181 cm³/mol. The summed E-state index contributed by atoms with van der Waals surface area (Å²) in [5.74, 6) is -0.336. The summed E-state index contributed by atoms with van der Waals surface area (Å²) in [6.07, 6.45) is 4.28. The van der Waals surface area contributed by atoms with Crippen LogP contribution in [0.15, 0.2) is 79.0 Å². The second kappa shape index (κ2) is 13.0. The van der Waals surface area contributed by atoms with Gasteiger partial charge in [0.25, 0.3) is 0 Å². The van der Waals surface area contributed by atoms with Gasteiger partial charge in [0.1, 0.15) is 29.0 Å². The Labute approximate surface area is 282 Å². The monoisotopic (exact) mass is 662 g/mol. The van der Waals surface area contributed by atoms with Crippen molar-refractivity contribution in [1.82, 2.24) is 29.8 Å². The number of pyridine rings is 1. The minimum absolute atomic E-state index is 0.0592. The number of piperidine rings is 1. The summed E-state index contributed by atoms with van der Waals surface area (Å²) >= 11 is 0. The second-order valence-corrected chi connectivity index (χ2v) is 13.0. The maximum Gasteiger partial charge on any atom is 0.234 e. The lowest BCUT2D eigenvalue weighted by atomic mass is 9.89.